The number of aliphatic hydroxyl groups is 1. The predicted molar refractivity (Wildman–Crippen MR) is 97.7 cm³/mol. The summed E-state index contributed by atoms with van der Waals surface area (Å²) in [5.74, 6) is 0.646. The van der Waals surface area contributed by atoms with Crippen LogP contribution in [-0.2, 0) is 21.1 Å². The van der Waals surface area contributed by atoms with Gasteiger partial charge in [0.15, 0.2) is 10.3 Å². The van der Waals surface area contributed by atoms with E-state index in [1.54, 1.807) is 0 Å². The van der Waals surface area contributed by atoms with Crippen molar-refractivity contribution in [1.29, 1.82) is 0 Å². The van der Waals surface area contributed by atoms with Crippen LogP contribution >= 0.6 is 0 Å². The highest BCUT2D eigenvalue weighted by Crippen LogP contribution is 2.35. The quantitative estimate of drug-likeness (QED) is 0.775. The lowest BCUT2D eigenvalue weighted by atomic mass is 9.80. The lowest BCUT2D eigenvalue weighted by Crippen LogP contribution is -2.36. The minimum absolute atomic E-state index is 0.00322. The molecule has 7 heteroatoms. The molecule has 0 amide bonds. The van der Waals surface area contributed by atoms with Crippen LogP contribution in [0.4, 0.5) is 0 Å². The summed E-state index contributed by atoms with van der Waals surface area (Å²) in [5, 5.41) is 9.95. The Kier molecular flexibility index (Phi) is 6.67. The molecule has 0 saturated heterocycles. The number of ether oxygens (including phenoxy) is 1. The van der Waals surface area contributed by atoms with E-state index in [4.69, 9.17) is 4.74 Å². The number of nitrogens with zero attached hydrogens (tertiary/aromatic N) is 1. The fraction of sp³-hybridized carbons (Fsp3) is 0.667. The van der Waals surface area contributed by atoms with Crippen LogP contribution in [0.3, 0.4) is 0 Å². The summed E-state index contributed by atoms with van der Waals surface area (Å²) in [6, 6.07) is 5.98. The minimum Gasteiger partial charge on any atom is -0.735 e. The molecule has 0 fully saturated rings. The van der Waals surface area contributed by atoms with Crippen molar-refractivity contribution < 1.29 is 22.8 Å². The third-order valence-electron chi connectivity index (χ3n) is 3.93. The third-order valence-corrected chi connectivity index (χ3v) is 4.85. The molecule has 1 aromatic rings. The first kappa shape index (κ1) is 21.9. The summed E-state index contributed by atoms with van der Waals surface area (Å²) < 4.78 is 38.9. The van der Waals surface area contributed by atoms with Crippen molar-refractivity contribution in [3.63, 3.8) is 0 Å². The minimum atomic E-state index is -4.57. The molecular weight excluding hydrogens is 342 g/mol. The molecule has 0 saturated carbocycles. The fourth-order valence-electron chi connectivity index (χ4n) is 2.34. The van der Waals surface area contributed by atoms with E-state index in [-0.39, 0.29) is 24.0 Å². The smallest absolute Gasteiger partial charge is 0.161 e. The van der Waals surface area contributed by atoms with Crippen LogP contribution in [0.25, 0.3) is 0 Å². The first-order valence-corrected chi connectivity index (χ1v) is 9.62. The number of benzene rings is 1. The van der Waals surface area contributed by atoms with Gasteiger partial charge in [-0.25, -0.2) is 12.7 Å². The van der Waals surface area contributed by atoms with Crippen LogP contribution in [0.5, 0.6) is 5.75 Å². The van der Waals surface area contributed by atoms with E-state index in [2.05, 4.69) is 47.6 Å². The number of hydrogen-bond acceptors (Lipinski definition) is 5. The van der Waals surface area contributed by atoms with Crippen LogP contribution < -0.4 is 4.74 Å². The van der Waals surface area contributed by atoms with Gasteiger partial charge in [0.1, 0.15) is 18.5 Å². The van der Waals surface area contributed by atoms with Crippen molar-refractivity contribution in [3.8, 4) is 5.75 Å². The molecule has 1 atom stereocenters. The highest BCUT2D eigenvalue weighted by molar-refractivity contribution is 7.83. The van der Waals surface area contributed by atoms with Gasteiger partial charge in [-0.3, -0.25) is 0 Å². The first-order valence-electron chi connectivity index (χ1n) is 8.25. The molecule has 1 aromatic carbocycles. The molecule has 0 heterocycles. The zero-order valence-electron chi connectivity index (χ0n) is 16.2. The van der Waals surface area contributed by atoms with Crippen LogP contribution in [0, 0.1) is 0 Å². The average Bonchev–Trinajstić information content (AvgIpc) is 2.41. The Morgan fingerprint density at radius 1 is 1.16 bits per heavy atom. The highest BCUT2D eigenvalue weighted by Gasteiger charge is 2.23. The molecule has 0 aliphatic heterocycles. The van der Waals surface area contributed by atoms with E-state index in [9.17, 15) is 18.1 Å². The van der Waals surface area contributed by atoms with Gasteiger partial charge in [0.2, 0.25) is 0 Å². The molecule has 144 valence electrons. The van der Waals surface area contributed by atoms with E-state index < -0.39 is 16.4 Å². The van der Waals surface area contributed by atoms with Gasteiger partial charge in [0.05, 0.1) is 0 Å². The maximum Gasteiger partial charge on any atom is 0.161 e. The van der Waals surface area contributed by atoms with Gasteiger partial charge in [0, 0.05) is 13.6 Å². The van der Waals surface area contributed by atoms with E-state index in [0.717, 1.165) is 12.6 Å². The number of likely N-dealkylation sites (N-methyl/N-ethyl adjacent to an activating group) is 1. The Morgan fingerprint density at radius 3 is 2.16 bits per heavy atom. The van der Waals surface area contributed by atoms with E-state index >= 15 is 0 Å². The van der Waals surface area contributed by atoms with Gasteiger partial charge >= 0.3 is 0 Å². The zero-order valence-corrected chi connectivity index (χ0v) is 17.0. The number of aliphatic hydroxyl groups excluding tert-OH is 1. The normalized spacial score (nSPS) is 14.6. The molecule has 0 radical (unpaired) electrons. The van der Waals surface area contributed by atoms with Gasteiger partial charge in [-0.2, -0.15) is 0 Å². The molecule has 6 nitrogen and oxygen atoms in total. The fourth-order valence-corrected chi connectivity index (χ4v) is 2.69. The molecule has 25 heavy (non-hydrogen) atoms. The summed E-state index contributed by atoms with van der Waals surface area (Å²) in [4.78, 5) is 0. The van der Waals surface area contributed by atoms with Crippen molar-refractivity contribution in [3.05, 3.63) is 29.3 Å². The molecule has 1 unspecified atom stereocenters. The van der Waals surface area contributed by atoms with Gasteiger partial charge < -0.3 is 14.4 Å². The first-order chi connectivity index (χ1) is 11.1. The van der Waals surface area contributed by atoms with Gasteiger partial charge in [-0.1, -0.05) is 53.7 Å². The topological polar surface area (TPSA) is 89.9 Å². The Morgan fingerprint density at radius 2 is 1.72 bits per heavy atom. The second kappa shape index (κ2) is 7.61. The molecule has 0 spiro atoms. The lowest BCUT2D eigenvalue weighted by molar-refractivity contribution is 0.0906. The summed E-state index contributed by atoms with van der Waals surface area (Å²) in [7, 11) is -3.44. The summed E-state index contributed by atoms with van der Waals surface area (Å²) in [5.41, 5.74) is 2.04. The Labute approximate surface area is 151 Å². The van der Waals surface area contributed by atoms with Gasteiger partial charge in [-0.15, -0.1) is 0 Å². The molecule has 0 aliphatic rings. The third kappa shape index (κ3) is 6.58. The number of hydrogen-bond donors (Lipinski definition) is 1. The SMILES string of the molecule is CN(CC(O)COc1ccc(C(C)(C)C)cc1C(C)(C)C)S(=O)(=O)[O-]. The highest BCUT2D eigenvalue weighted by atomic mass is 32.2. The van der Waals surface area contributed by atoms with Crippen LogP contribution in [0.15, 0.2) is 18.2 Å². The van der Waals surface area contributed by atoms with E-state index in [1.165, 1.54) is 5.56 Å². The lowest BCUT2D eigenvalue weighted by Gasteiger charge is -2.28. The Hall–Kier alpha value is -1.15. The molecule has 1 N–H and O–H groups in total. The summed E-state index contributed by atoms with van der Waals surface area (Å²) >= 11 is 0. The molecule has 1 rings (SSSR count). The van der Waals surface area contributed by atoms with Crippen molar-refractivity contribution in [1.82, 2.24) is 4.31 Å². The van der Waals surface area contributed by atoms with Crippen molar-refractivity contribution >= 4 is 10.3 Å². The zero-order chi connectivity index (χ0) is 19.6. The maximum absolute atomic E-state index is 10.9. The average molecular weight is 373 g/mol. The monoisotopic (exact) mass is 372 g/mol. The second-order valence-electron chi connectivity index (χ2n) is 8.41. The van der Waals surface area contributed by atoms with Crippen molar-refractivity contribution in [2.24, 2.45) is 0 Å². The summed E-state index contributed by atoms with van der Waals surface area (Å²) in [6.07, 6.45) is -1.09. The summed E-state index contributed by atoms with van der Waals surface area (Å²) in [6.45, 7) is 12.2. The van der Waals surface area contributed by atoms with E-state index in [0.29, 0.717) is 10.1 Å². The largest absolute Gasteiger partial charge is 0.735 e. The number of rotatable bonds is 6. The van der Waals surface area contributed by atoms with E-state index in [1.807, 2.05) is 12.1 Å². The van der Waals surface area contributed by atoms with Crippen LogP contribution in [0.1, 0.15) is 52.7 Å². The van der Waals surface area contributed by atoms with Crippen LogP contribution in [0.2, 0.25) is 0 Å². The Bertz CT molecular complexity index is 686. The molecule has 0 aromatic heterocycles. The Balaban J connectivity index is 2.95. The second-order valence-corrected chi connectivity index (χ2v) is 9.89. The van der Waals surface area contributed by atoms with Crippen molar-refractivity contribution in [2.75, 3.05) is 20.2 Å². The van der Waals surface area contributed by atoms with Gasteiger partial charge in [0.25, 0.3) is 0 Å². The molecule has 0 bridgehead atoms. The predicted octanol–water partition coefficient (Wildman–Crippen LogP) is 2.41. The standard InChI is InChI=1S/C18H31NO5S/c1-17(2,3)13-8-9-16(15(10-13)18(4,5)6)24-12-14(20)11-19(7)25(21,22)23/h8-10,14,20H,11-12H2,1-7H3,(H,21,22,23)/p-1. The van der Waals surface area contributed by atoms with Gasteiger partial charge in [-0.05, 0) is 28.0 Å². The maximum atomic E-state index is 10.9. The molecular formula is C18H30NO5S-. The van der Waals surface area contributed by atoms with Crippen LogP contribution in [-0.4, -0.2) is 48.7 Å². The van der Waals surface area contributed by atoms with Crippen molar-refractivity contribution in [2.45, 2.75) is 58.5 Å². The molecule has 0 aliphatic carbocycles.